The lowest BCUT2D eigenvalue weighted by Gasteiger charge is -2.33. The SMILES string of the molecule is CC(C)C(C)(C)BC1CCCCC1. The van der Waals surface area contributed by atoms with E-state index in [4.69, 9.17) is 0 Å². The Hall–Kier alpha value is 0.0649. The van der Waals surface area contributed by atoms with Gasteiger partial charge in [0.25, 0.3) is 0 Å². The second kappa shape index (κ2) is 4.53. The second-order valence-corrected chi connectivity index (χ2v) is 5.85. The van der Waals surface area contributed by atoms with E-state index >= 15 is 0 Å². The maximum Gasteiger partial charge on any atom is 0.131 e. The van der Waals surface area contributed by atoms with Crippen molar-refractivity contribution in [1.82, 2.24) is 0 Å². The zero-order chi connectivity index (χ0) is 9.90. The van der Waals surface area contributed by atoms with Gasteiger partial charge in [-0.15, -0.1) is 0 Å². The highest BCUT2D eigenvalue weighted by atomic mass is 14.2. The van der Waals surface area contributed by atoms with Crippen LogP contribution in [0.4, 0.5) is 0 Å². The molecule has 1 aliphatic rings. The van der Waals surface area contributed by atoms with Crippen LogP contribution in [0.3, 0.4) is 0 Å². The third-order valence-electron chi connectivity index (χ3n) is 4.10. The molecule has 0 aliphatic heterocycles. The fraction of sp³-hybridized carbons (Fsp3) is 1.00. The molecule has 1 aliphatic carbocycles. The summed E-state index contributed by atoms with van der Waals surface area (Å²) in [6.07, 6.45) is 7.45. The molecule has 1 rings (SSSR count). The van der Waals surface area contributed by atoms with Crippen molar-refractivity contribution in [2.45, 2.75) is 70.9 Å². The van der Waals surface area contributed by atoms with E-state index in [2.05, 4.69) is 27.7 Å². The maximum atomic E-state index is 2.44. The van der Waals surface area contributed by atoms with Crippen LogP contribution in [0.1, 0.15) is 59.8 Å². The van der Waals surface area contributed by atoms with E-state index in [1.807, 2.05) is 0 Å². The van der Waals surface area contributed by atoms with Gasteiger partial charge in [0, 0.05) is 0 Å². The van der Waals surface area contributed by atoms with Crippen LogP contribution in [0.25, 0.3) is 0 Å². The average molecular weight is 180 g/mol. The molecule has 13 heavy (non-hydrogen) atoms. The fourth-order valence-corrected chi connectivity index (χ4v) is 2.37. The van der Waals surface area contributed by atoms with E-state index in [1.165, 1.54) is 39.4 Å². The zero-order valence-electron chi connectivity index (χ0n) is 9.90. The van der Waals surface area contributed by atoms with Gasteiger partial charge in [0.2, 0.25) is 0 Å². The van der Waals surface area contributed by atoms with Gasteiger partial charge in [-0.1, -0.05) is 70.9 Å². The summed E-state index contributed by atoms with van der Waals surface area (Å²) < 4.78 is 0. The molecule has 0 amide bonds. The van der Waals surface area contributed by atoms with Crippen molar-refractivity contribution in [1.29, 1.82) is 0 Å². The highest BCUT2D eigenvalue weighted by Gasteiger charge is 2.28. The quantitative estimate of drug-likeness (QED) is 0.575. The van der Waals surface area contributed by atoms with E-state index in [0.29, 0.717) is 5.31 Å². The topological polar surface area (TPSA) is 0 Å². The smallest absolute Gasteiger partial charge is 0.0666 e. The summed E-state index contributed by atoms with van der Waals surface area (Å²) in [6, 6.07) is 0. The molecule has 0 heterocycles. The minimum atomic E-state index is 0.558. The third kappa shape index (κ3) is 3.36. The number of hydrogen-bond acceptors (Lipinski definition) is 0. The molecule has 1 fully saturated rings. The maximum absolute atomic E-state index is 2.44. The van der Waals surface area contributed by atoms with Crippen LogP contribution in [0, 0.1) is 5.92 Å². The highest BCUT2D eigenvalue weighted by molar-refractivity contribution is 6.41. The Kier molecular flexibility index (Phi) is 3.88. The first-order valence-electron chi connectivity index (χ1n) is 6.02. The van der Waals surface area contributed by atoms with Crippen LogP contribution in [0.5, 0.6) is 0 Å². The lowest BCUT2D eigenvalue weighted by molar-refractivity contribution is 0.443. The summed E-state index contributed by atoms with van der Waals surface area (Å²) in [5.74, 6) is 1.86. The van der Waals surface area contributed by atoms with Crippen molar-refractivity contribution in [3.63, 3.8) is 0 Å². The van der Waals surface area contributed by atoms with Gasteiger partial charge in [-0.05, 0) is 5.92 Å². The third-order valence-corrected chi connectivity index (χ3v) is 4.10. The largest absolute Gasteiger partial charge is 0.131 e. The van der Waals surface area contributed by atoms with Crippen LogP contribution < -0.4 is 0 Å². The molecular weight excluding hydrogens is 155 g/mol. The summed E-state index contributed by atoms with van der Waals surface area (Å²) >= 11 is 0. The molecule has 0 aromatic carbocycles. The van der Waals surface area contributed by atoms with Crippen LogP contribution in [-0.2, 0) is 0 Å². The molecule has 0 bridgehead atoms. The Morgan fingerprint density at radius 2 is 1.62 bits per heavy atom. The van der Waals surface area contributed by atoms with Crippen molar-refractivity contribution in [3.05, 3.63) is 0 Å². The van der Waals surface area contributed by atoms with Crippen molar-refractivity contribution in [2.24, 2.45) is 5.92 Å². The van der Waals surface area contributed by atoms with E-state index in [-0.39, 0.29) is 0 Å². The van der Waals surface area contributed by atoms with Crippen molar-refractivity contribution in [2.75, 3.05) is 0 Å². The lowest BCUT2D eigenvalue weighted by atomic mass is 9.42. The molecule has 0 atom stereocenters. The van der Waals surface area contributed by atoms with Crippen LogP contribution in [0.15, 0.2) is 0 Å². The van der Waals surface area contributed by atoms with Crippen LogP contribution in [-0.4, -0.2) is 7.28 Å². The first kappa shape index (κ1) is 11.1. The van der Waals surface area contributed by atoms with E-state index < -0.39 is 0 Å². The molecule has 0 aromatic heterocycles. The van der Waals surface area contributed by atoms with Gasteiger partial charge in [0.05, 0.1) is 0 Å². The first-order chi connectivity index (χ1) is 6.02. The van der Waals surface area contributed by atoms with Gasteiger partial charge < -0.3 is 0 Å². The minimum absolute atomic E-state index is 0.558. The Morgan fingerprint density at radius 1 is 1.08 bits per heavy atom. The molecular formula is C12H25B. The number of hydrogen-bond donors (Lipinski definition) is 0. The predicted molar refractivity (Wildman–Crippen MR) is 62.9 cm³/mol. The standard InChI is InChI=1S/C12H25B/c1-10(2)12(3,4)13-11-8-6-5-7-9-11/h10-11,13H,5-9H2,1-4H3. The molecule has 0 N–H and O–H groups in total. The van der Waals surface area contributed by atoms with Gasteiger partial charge >= 0.3 is 0 Å². The minimum Gasteiger partial charge on any atom is -0.0666 e. The Bertz CT molecular complexity index is 143. The first-order valence-corrected chi connectivity index (χ1v) is 6.02. The summed E-state index contributed by atoms with van der Waals surface area (Å²) in [6.45, 7) is 9.60. The molecule has 1 saturated carbocycles. The Balaban J connectivity index is 2.37. The Morgan fingerprint density at radius 3 is 2.08 bits per heavy atom. The summed E-state index contributed by atoms with van der Waals surface area (Å²) in [5.41, 5.74) is 0. The molecule has 76 valence electrons. The summed E-state index contributed by atoms with van der Waals surface area (Å²) in [5, 5.41) is 0.558. The van der Waals surface area contributed by atoms with Gasteiger partial charge in [0.15, 0.2) is 0 Å². The highest BCUT2D eigenvalue weighted by Crippen LogP contribution is 2.40. The van der Waals surface area contributed by atoms with Crippen molar-refractivity contribution in [3.8, 4) is 0 Å². The summed E-state index contributed by atoms with van der Waals surface area (Å²) in [4.78, 5) is 0. The molecule has 0 aromatic rings. The molecule has 1 heteroatoms. The van der Waals surface area contributed by atoms with Gasteiger partial charge in [0.1, 0.15) is 7.28 Å². The monoisotopic (exact) mass is 180 g/mol. The van der Waals surface area contributed by atoms with Crippen LogP contribution in [0.2, 0.25) is 11.1 Å². The molecule has 0 nitrogen and oxygen atoms in total. The second-order valence-electron chi connectivity index (χ2n) is 5.85. The van der Waals surface area contributed by atoms with Crippen molar-refractivity contribution >= 4 is 7.28 Å². The van der Waals surface area contributed by atoms with Crippen molar-refractivity contribution < 1.29 is 0 Å². The zero-order valence-corrected chi connectivity index (χ0v) is 9.90. The van der Waals surface area contributed by atoms with E-state index in [1.54, 1.807) is 0 Å². The van der Waals surface area contributed by atoms with E-state index in [0.717, 1.165) is 11.7 Å². The van der Waals surface area contributed by atoms with Gasteiger partial charge in [-0.3, -0.25) is 0 Å². The molecule has 0 spiro atoms. The van der Waals surface area contributed by atoms with Crippen LogP contribution >= 0.6 is 0 Å². The lowest BCUT2D eigenvalue weighted by Crippen LogP contribution is -2.24. The normalized spacial score (nSPS) is 20.7. The molecule has 0 unspecified atom stereocenters. The Labute approximate surface area is 84.7 Å². The van der Waals surface area contributed by atoms with Gasteiger partial charge in [-0.2, -0.15) is 0 Å². The molecule has 0 radical (unpaired) electrons. The number of rotatable bonds is 3. The summed E-state index contributed by atoms with van der Waals surface area (Å²) in [7, 11) is 1.45. The average Bonchev–Trinajstić information content (AvgIpc) is 2.05. The predicted octanol–water partition coefficient (Wildman–Crippen LogP) is 4.03. The van der Waals surface area contributed by atoms with E-state index in [9.17, 15) is 0 Å². The van der Waals surface area contributed by atoms with Gasteiger partial charge in [-0.25, -0.2) is 0 Å². The fourth-order valence-electron chi connectivity index (χ4n) is 2.37. The molecule has 0 saturated heterocycles.